The Morgan fingerprint density at radius 2 is 1.93 bits per heavy atom. The Labute approximate surface area is 182 Å². The van der Waals surface area contributed by atoms with Crippen molar-refractivity contribution in [2.24, 2.45) is 11.8 Å². The predicted molar refractivity (Wildman–Crippen MR) is 112 cm³/mol. The van der Waals surface area contributed by atoms with Gasteiger partial charge in [0.15, 0.2) is 11.3 Å². The maximum Gasteiger partial charge on any atom is 0.276 e. The Hall–Kier alpha value is -1.60. The summed E-state index contributed by atoms with van der Waals surface area (Å²) in [6.45, 7) is 1.26. The number of aromatic nitrogens is 2. The molecule has 1 aliphatic heterocycles. The van der Waals surface area contributed by atoms with Crippen molar-refractivity contribution >= 4 is 45.0 Å². The number of nitrogens with zero attached hydrogens (tertiary/aromatic N) is 4. The van der Waals surface area contributed by atoms with Gasteiger partial charge in [0, 0.05) is 25.3 Å². The number of fused-ring (bicyclic) bond motifs is 2. The second kappa shape index (κ2) is 6.45. The predicted octanol–water partition coefficient (Wildman–Crippen LogP) is 3.71. The minimum atomic E-state index is -0.263. The molecule has 0 radical (unpaired) electrons. The average molecular weight is 478 g/mol. The van der Waals surface area contributed by atoms with Crippen molar-refractivity contribution in [3.63, 3.8) is 0 Å². The Morgan fingerprint density at radius 1 is 1.17 bits per heavy atom. The van der Waals surface area contributed by atoms with Crippen molar-refractivity contribution in [2.45, 2.75) is 44.1 Å². The fourth-order valence-electron chi connectivity index (χ4n) is 5.21. The molecule has 6 rings (SSSR count). The van der Waals surface area contributed by atoms with Gasteiger partial charge < -0.3 is 9.80 Å². The molecule has 29 heavy (non-hydrogen) atoms. The molecule has 4 fully saturated rings. The van der Waals surface area contributed by atoms with Crippen LogP contribution in [0.4, 0.5) is 0 Å². The lowest BCUT2D eigenvalue weighted by molar-refractivity contribution is -0.137. The van der Waals surface area contributed by atoms with Crippen LogP contribution in [0.3, 0.4) is 0 Å². The molecular weight excluding hydrogens is 456 g/mol. The average Bonchev–Trinajstić information content (AvgIpc) is 3.62. The van der Waals surface area contributed by atoms with Crippen LogP contribution in [0.5, 0.6) is 0 Å². The molecule has 3 aliphatic carbocycles. The Balaban J connectivity index is 1.23. The van der Waals surface area contributed by atoms with E-state index in [1.54, 1.807) is 9.30 Å². The monoisotopic (exact) mass is 476 g/mol. The number of pyridine rings is 1. The van der Waals surface area contributed by atoms with Gasteiger partial charge in [0.25, 0.3) is 5.91 Å². The molecule has 0 bridgehead atoms. The maximum absolute atomic E-state index is 13.1. The van der Waals surface area contributed by atoms with Gasteiger partial charge in [-0.1, -0.05) is 11.6 Å². The normalized spacial score (nSPS) is 28.9. The summed E-state index contributed by atoms with van der Waals surface area (Å²) in [4.78, 5) is 34.0. The zero-order valence-corrected chi connectivity index (χ0v) is 18.3. The molecule has 2 unspecified atom stereocenters. The first-order chi connectivity index (χ1) is 14.0. The first kappa shape index (κ1) is 18.2. The smallest absolute Gasteiger partial charge is 0.276 e. The van der Waals surface area contributed by atoms with Crippen molar-refractivity contribution in [3.8, 4) is 0 Å². The van der Waals surface area contributed by atoms with Gasteiger partial charge >= 0.3 is 0 Å². The fourth-order valence-corrected chi connectivity index (χ4v) is 6.00. The zero-order valence-electron chi connectivity index (χ0n) is 16.0. The summed E-state index contributed by atoms with van der Waals surface area (Å²) in [6.07, 6.45) is 7.97. The van der Waals surface area contributed by atoms with Crippen molar-refractivity contribution in [2.75, 3.05) is 19.6 Å². The van der Waals surface area contributed by atoms with E-state index in [1.807, 2.05) is 11.1 Å². The van der Waals surface area contributed by atoms with E-state index in [1.165, 1.54) is 24.8 Å². The first-order valence-corrected chi connectivity index (χ1v) is 11.6. The fraction of sp³-hybridized carbons (Fsp3) is 0.571. The van der Waals surface area contributed by atoms with Gasteiger partial charge in [-0.15, -0.1) is 0 Å². The quantitative estimate of drug-likeness (QED) is 0.677. The van der Waals surface area contributed by atoms with Crippen LogP contribution < -0.4 is 0 Å². The summed E-state index contributed by atoms with van der Waals surface area (Å²) in [6, 6.07) is 2.44. The number of hydrogen-bond acceptors (Lipinski definition) is 3. The molecule has 0 N–H and O–H groups in total. The summed E-state index contributed by atoms with van der Waals surface area (Å²) < 4.78 is 2.62. The molecule has 1 saturated heterocycles. The van der Waals surface area contributed by atoms with E-state index in [-0.39, 0.29) is 24.1 Å². The molecule has 4 aliphatic rings. The molecule has 152 valence electrons. The number of halogens is 2. The molecule has 2 atom stereocenters. The highest BCUT2D eigenvalue weighted by atomic mass is 79.9. The molecular formula is C21H22BrClN4O2. The lowest BCUT2D eigenvalue weighted by atomic mass is 10.1. The molecule has 0 spiro atoms. The third-order valence-electron chi connectivity index (χ3n) is 7.09. The number of amides is 2. The first-order valence-electron chi connectivity index (χ1n) is 10.5. The van der Waals surface area contributed by atoms with Gasteiger partial charge in [-0.25, -0.2) is 4.98 Å². The van der Waals surface area contributed by atoms with Crippen molar-refractivity contribution in [3.05, 3.63) is 33.1 Å². The number of piperazine rings is 1. The van der Waals surface area contributed by atoms with E-state index in [0.717, 1.165) is 29.2 Å². The highest BCUT2D eigenvalue weighted by molar-refractivity contribution is 9.10. The van der Waals surface area contributed by atoms with E-state index in [2.05, 4.69) is 27.0 Å². The molecule has 3 heterocycles. The number of carbonyl (C=O) groups excluding carboxylic acids is 2. The molecule has 2 aromatic rings. The van der Waals surface area contributed by atoms with E-state index in [4.69, 9.17) is 11.6 Å². The lowest BCUT2D eigenvalue weighted by Gasteiger charge is -2.38. The van der Waals surface area contributed by atoms with Gasteiger partial charge in [-0.05, 0) is 77.4 Å². The standard InChI is InChI=1S/C21H22BrClN4O2/c22-16-8-14(11-1-2-11)9-27-19(23)18(24-20(16)27)21(29)25-3-4-26(17(28)10-25)15-6-12-5-13(12)7-15/h8-9,11-13,15H,1-7,10H2. The third-order valence-corrected chi connectivity index (χ3v) is 8.04. The van der Waals surface area contributed by atoms with Crippen LogP contribution >= 0.6 is 27.5 Å². The van der Waals surface area contributed by atoms with Gasteiger partial charge in [0.05, 0.1) is 4.47 Å². The highest BCUT2D eigenvalue weighted by Gasteiger charge is 2.49. The molecule has 8 heteroatoms. The van der Waals surface area contributed by atoms with E-state index >= 15 is 0 Å². The topological polar surface area (TPSA) is 57.9 Å². The maximum atomic E-state index is 13.1. The molecule has 2 amide bonds. The summed E-state index contributed by atoms with van der Waals surface area (Å²) >= 11 is 10.1. The van der Waals surface area contributed by atoms with Gasteiger partial charge in [0.1, 0.15) is 11.7 Å². The SMILES string of the molecule is O=C(c1nc2c(Br)cc(C3CC3)cn2c1Cl)N1CCN(C2CC3CC3C2)C(=O)C1. The van der Waals surface area contributed by atoms with Crippen LogP contribution in [-0.4, -0.2) is 56.7 Å². The second-order valence-corrected chi connectivity index (χ2v) is 10.2. The zero-order chi connectivity index (χ0) is 19.9. The van der Waals surface area contributed by atoms with Crippen LogP contribution in [0.2, 0.25) is 5.15 Å². The second-order valence-electron chi connectivity index (χ2n) is 9.04. The molecule has 6 nitrogen and oxygen atoms in total. The minimum absolute atomic E-state index is 0.0491. The van der Waals surface area contributed by atoms with Crippen LogP contribution in [0, 0.1) is 11.8 Å². The Morgan fingerprint density at radius 3 is 2.62 bits per heavy atom. The lowest BCUT2D eigenvalue weighted by Crippen LogP contribution is -2.55. The van der Waals surface area contributed by atoms with Crippen LogP contribution in [0.25, 0.3) is 5.65 Å². The Bertz CT molecular complexity index is 1040. The van der Waals surface area contributed by atoms with E-state index in [9.17, 15) is 9.59 Å². The van der Waals surface area contributed by atoms with Gasteiger partial charge in [-0.2, -0.15) is 0 Å². The third kappa shape index (κ3) is 3.00. The van der Waals surface area contributed by atoms with Crippen LogP contribution in [0.1, 0.15) is 54.1 Å². The van der Waals surface area contributed by atoms with Crippen LogP contribution in [-0.2, 0) is 4.79 Å². The summed E-state index contributed by atoms with van der Waals surface area (Å²) in [7, 11) is 0. The van der Waals surface area contributed by atoms with Gasteiger partial charge in [-0.3, -0.25) is 14.0 Å². The van der Waals surface area contributed by atoms with E-state index < -0.39 is 0 Å². The van der Waals surface area contributed by atoms with Crippen molar-refractivity contribution in [1.29, 1.82) is 0 Å². The highest BCUT2D eigenvalue weighted by Crippen LogP contribution is 2.53. The molecule has 2 aromatic heterocycles. The summed E-state index contributed by atoms with van der Waals surface area (Å²) in [5, 5.41) is 0.318. The molecule has 0 aromatic carbocycles. The van der Waals surface area contributed by atoms with E-state index in [0.29, 0.717) is 35.8 Å². The number of imidazole rings is 1. The summed E-state index contributed by atoms with van der Waals surface area (Å²) in [5.41, 5.74) is 2.07. The Kier molecular flexibility index (Phi) is 4.04. The number of hydrogen-bond donors (Lipinski definition) is 0. The minimum Gasteiger partial charge on any atom is -0.336 e. The number of carbonyl (C=O) groups is 2. The van der Waals surface area contributed by atoms with Crippen LogP contribution in [0.15, 0.2) is 16.7 Å². The largest absolute Gasteiger partial charge is 0.336 e. The summed E-state index contributed by atoms with van der Waals surface area (Å²) in [5.74, 6) is 2.03. The molecule has 3 saturated carbocycles. The number of rotatable bonds is 3. The van der Waals surface area contributed by atoms with Crippen molar-refractivity contribution < 1.29 is 9.59 Å². The van der Waals surface area contributed by atoms with Gasteiger partial charge in [0.2, 0.25) is 5.91 Å². The van der Waals surface area contributed by atoms with Crippen molar-refractivity contribution in [1.82, 2.24) is 19.2 Å².